The summed E-state index contributed by atoms with van der Waals surface area (Å²) in [5.41, 5.74) is 0.688. The van der Waals surface area contributed by atoms with Crippen molar-refractivity contribution in [3.05, 3.63) is 60.4 Å². The van der Waals surface area contributed by atoms with Crippen LogP contribution >= 0.6 is 11.8 Å². The molecule has 1 atom stereocenters. The maximum absolute atomic E-state index is 12.3. The zero-order chi connectivity index (χ0) is 18.5. The number of nitrogens with two attached hydrogens (primary N) is 1. The molecule has 0 spiro atoms. The standard InChI is InChI=1S/C18H19N5O2S/c1-12(26-18-22-21-13(2)23(18)19)17(24)20-14-8-10-16(11-9-14)25-15-6-4-3-5-7-15/h3-12H,19H2,1-2H3,(H,20,24). The van der Waals surface area contributed by atoms with Crippen molar-refractivity contribution in [3.8, 4) is 11.5 Å². The number of benzene rings is 2. The first kappa shape index (κ1) is 17.8. The average molecular weight is 369 g/mol. The van der Waals surface area contributed by atoms with Crippen LogP contribution in [-0.4, -0.2) is 26.0 Å². The molecule has 1 amide bonds. The zero-order valence-electron chi connectivity index (χ0n) is 14.4. The summed E-state index contributed by atoms with van der Waals surface area (Å²) >= 11 is 1.25. The van der Waals surface area contributed by atoms with Gasteiger partial charge in [0.1, 0.15) is 17.3 Å². The molecule has 0 aliphatic rings. The lowest BCUT2D eigenvalue weighted by Crippen LogP contribution is -2.23. The number of aromatic nitrogens is 3. The molecule has 0 saturated heterocycles. The van der Waals surface area contributed by atoms with Crippen LogP contribution in [0.25, 0.3) is 0 Å². The third-order valence-corrected chi connectivity index (χ3v) is 4.64. The van der Waals surface area contributed by atoms with Crippen LogP contribution < -0.4 is 15.9 Å². The van der Waals surface area contributed by atoms with Crippen molar-refractivity contribution in [2.75, 3.05) is 11.2 Å². The first-order chi connectivity index (χ1) is 12.5. The fourth-order valence-electron chi connectivity index (χ4n) is 2.12. The van der Waals surface area contributed by atoms with Crippen molar-refractivity contribution >= 4 is 23.4 Å². The molecule has 2 aromatic carbocycles. The summed E-state index contributed by atoms with van der Waals surface area (Å²) in [6, 6.07) is 16.7. The van der Waals surface area contributed by atoms with Crippen molar-refractivity contribution in [3.63, 3.8) is 0 Å². The Bertz CT molecular complexity index is 880. The van der Waals surface area contributed by atoms with Gasteiger partial charge in [-0.2, -0.15) is 0 Å². The van der Waals surface area contributed by atoms with Gasteiger partial charge < -0.3 is 15.9 Å². The number of amides is 1. The largest absolute Gasteiger partial charge is 0.457 e. The van der Waals surface area contributed by atoms with Crippen LogP contribution in [0.1, 0.15) is 12.7 Å². The average Bonchev–Trinajstić information content (AvgIpc) is 2.96. The van der Waals surface area contributed by atoms with E-state index in [-0.39, 0.29) is 11.2 Å². The quantitative estimate of drug-likeness (QED) is 0.512. The Kier molecular flexibility index (Phi) is 5.43. The van der Waals surface area contributed by atoms with Crippen LogP contribution in [0.3, 0.4) is 0 Å². The number of para-hydroxylation sites is 1. The molecule has 1 heterocycles. The van der Waals surface area contributed by atoms with E-state index in [9.17, 15) is 4.79 Å². The highest BCUT2D eigenvalue weighted by molar-refractivity contribution is 8.00. The van der Waals surface area contributed by atoms with Crippen LogP contribution in [0.5, 0.6) is 11.5 Å². The van der Waals surface area contributed by atoms with Crippen molar-refractivity contribution in [1.82, 2.24) is 14.9 Å². The number of carbonyl (C=O) groups is 1. The molecule has 26 heavy (non-hydrogen) atoms. The van der Waals surface area contributed by atoms with Gasteiger partial charge in [0.2, 0.25) is 11.1 Å². The number of nitrogen functional groups attached to an aromatic ring is 1. The SMILES string of the molecule is Cc1nnc(SC(C)C(=O)Nc2ccc(Oc3ccccc3)cc2)n1N. The predicted octanol–water partition coefficient (Wildman–Crippen LogP) is 3.21. The lowest BCUT2D eigenvalue weighted by atomic mass is 10.3. The van der Waals surface area contributed by atoms with E-state index in [4.69, 9.17) is 10.6 Å². The number of anilines is 1. The molecule has 1 aromatic heterocycles. The molecule has 0 bridgehead atoms. The Labute approximate surface area is 155 Å². The molecule has 3 rings (SSSR count). The number of ether oxygens (including phenoxy) is 1. The van der Waals surface area contributed by atoms with E-state index in [2.05, 4.69) is 15.5 Å². The molecule has 0 aliphatic heterocycles. The summed E-state index contributed by atoms with van der Waals surface area (Å²) in [6.45, 7) is 3.54. The van der Waals surface area contributed by atoms with Gasteiger partial charge in [-0.05, 0) is 50.2 Å². The van der Waals surface area contributed by atoms with Gasteiger partial charge in [0, 0.05) is 5.69 Å². The molecule has 7 nitrogen and oxygen atoms in total. The molecule has 3 aromatic rings. The number of aryl methyl sites for hydroxylation is 1. The second-order valence-electron chi connectivity index (χ2n) is 5.59. The van der Waals surface area contributed by atoms with E-state index in [0.29, 0.717) is 22.4 Å². The summed E-state index contributed by atoms with van der Waals surface area (Å²) in [4.78, 5) is 12.3. The van der Waals surface area contributed by atoms with Gasteiger partial charge >= 0.3 is 0 Å². The first-order valence-electron chi connectivity index (χ1n) is 8.00. The Morgan fingerprint density at radius 2 is 1.77 bits per heavy atom. The number of thioether (sulfide) groups is 1. The summed E-state index contributed by atoms with van der Waals surface area (Å²) in [5.74, 6) is 7.71. The number of hydrogen-bond acceptors (Lipinski definition) is 6. The smallest absolute Gasteiger partial charge is 0.237 e. The number of hydrogen-bond donors (Lipinski definition) is 2. The van der Waals surface area contributed by atoms with Gasteiger partial charge in [0.25, 0.3) is 0 Å². The molecule has 0 aliphatic carbocycles. The lowest BCUT2D eigenvalue weighted by Gasteiger charge is -2.12. The fraction of sp³-hybridized carbons (Fsp3) is 0.167. The van der Waals surface area contributed by atoms with Gasteiger partial charge in [0.05, 0.1) is 5.25 Å². The predicted molar refractivity (Wildman–Crippen MR) is 102 cm³/mol. The number of carbonyl (C=O) groups excluding carboxylic acids is 1. The second kappa shape index (κ2) is 7.92. The zero-order valence-corrected chi connectivity index (χ0v) is 15.2. The van der Waals surface area contributed by atoms with E-state index in [1.54, 1.807) is 38.1 Å². The van der Waals surface area contributed by atoms with Crippen molar-refractivity contribution in [1.29, 1.82) is 0 Å². The van der Waals surface area contributed by atoms with Crippen LogP contribution in [0, 0.1) is 6.92 Å². The minimum absolute atomic E-state index is 0.146. The molecule has 0 saturated carbocycles. The van der Waals surface area contributed by atoms with Gasteiger partial charge in [-0.1, -0.05) is 30.0 Å². The van der Waals surface area contributed by atoms with E-state index >= 15 is 0 Å². The van der Waals surface area contributed by atoms with Gasteiger partial charge in [-0.3, -0.25) is 4.79 Å². The van der Waals surface area contributed by atoms with E-state index in [1.807, 2.05) is 30.3 Å². The van der Waals surface area contributed by atoms with Crippen molar-refractivity contribution in [2.24, 2.45) is 0 Å². The summed E-state index contributed by atoms with van der Waals surface area (Å²) in [6.07, 6.45) is 0. The fourth-order valence-corrected chi connectivity index (χ4v) is 2.93. The number of rotatable bonds is 6. The Balaban J connectivity index is 1.57. The number of nitrogens with one attached hydrogen (secondary N) is 1. The third-order valence-electron chi connectivity index (χ3n) is 3.59. The van der Waals surface area contributed by atoms with Crippen LogP contribution in [-0.2, 0) is 4.79 Å². The topological polar surface area (TPSA) is 95.1 Å². The van der Waals surface area contributed by atoms with Crippen LogP contribution in [0.2, 0.25) is 0 Å². The monoisotopic (exact) mass is 369 g/mol. The highest BCUT2D eigenvalue weighted by atomic mass is 32.2. The molecule has 134 valence electrons. The molecule has 8 heteroatoms. The summed E-state index contributed by atoms with van der Waals surface area (Å²) < 4.78 is 7.10. The Morgan fingerprint density at radius 1 is 1.12 bits per heavy atom. The van der Waals surface area contributed by atoms with Gasteiger partial charge in [0.15, 0.2) is 0 Å². The molecule has 3 N–H and O–H groups in total. The highest BCUT2D eigenvalue weighted by Gasteiger charge is 2.18. The number of nitrogens with zero attached hydrogens (tertiary/aromatic N) is 3. The Hall–Kier alpha value is -3.00. The van der Waals surface area contributed by atoms with Gasteiger partial charge in [-0.25, -0.2) is 4.68 Å². The van der Waals surface area contributed by atoms with Crippen molar-refractivity contribution < 1.29 is 9.53 Å². The minimum Gasteiger partial charge on any atom is -0.457 e. The second-order valence-corrected chi connectivity index (χ2v) is 6.90. The minimum atomic E-state index is -0.374. The maximum atomic E-state index is 12.3. The van der Waals surface area contributed by atoms with E-state index < -0.39 is 0 Å². The van der Waals surface area contributed by atoms with E-state index in [1.165, 1.54) is 16.4 Å². The van der Waals surface area contributed by atoms with Crippen LogP contribution in [0.15, 0.2) is 59.8 Å². The highest BCUT2D eigenvalue weighted by Crippen LogP contribution is 2.24. The summed E-state index contributed by atoms with van der Waals surface area (Å²) in [7, 11) is 0. The molecular formula is C18H19N5O2S. The normalized spacial score (nSPS) is 11.8. The maximum Gasteiger partial charge on any atom is 0.237 e. The Morgan fingerprint density at radius 3 is 2.38 bits per heavy atom. The van der Waals surface area contributed by atoms with E-state index in [0.717, 1.165) is 5.75 Å². The molecule has 0 fully saturated rings. The molecule has 1 unspecified atom stereocenters. The first-order valence-corrected chi connectivity index (χ1v) is 8.88. The molecular weight excluding hydrogens is 350 g/mol. The third kappa shape index (κ3) is 4.34. The molecule has 0 radical (unpaired) electrons. The van der Waals surface area contributed by atoms with Crippen molar-refractivity contribution in [2.45, 2.75) is 24.3 Å². The summed E-state index contributed by atoms with van der Waals surface area (Å²) in [5, 5.41) is 10.8. The lowest BCUT2D eigenvalue weighted by molar-refractivity contribution is -0.115. The van der Waals surface area contributed by atoms with Gasteiger partial charge in [-0.15, -0.1) is 10.2 Å². The van der Waals surface area contributed by atoms with Crippen LogP contribution in [0.4, 0.5) is 5.69 Å².